The number of sulfonamides is 1. The molecule has 0 spiro atoms. The van der Waals surface area contributed by atoms with E-state index in [4.69, 9.17) is 9.47 Å². The standard InChI is InChI=1S/C28H29BrN2O4S/c1-3-34-26-14-11-18(15-27(26)35-4-2)28-23-10-6-9-22(23)24-17-21(12-13-25(24)30-28)36(32,33)31-20-8-5-7-19(29)16-20/h5-9,11-17,22-23,28,30-31H,3-4,10H2,1-2H3/t22-,23+,28+/m0/s1. The van der Waals surface area contributed by atoms with Crippen LogP contribution < -0.4 is 19.5 Å². The first-order valence-electron chi connectivity index (χ1n) is 12.1. The highest BCUT2D eigenvalue weighted by Gasteiger charge is 2.38. The Balaban J connectivity index is 1.47. The zero-order chi connectivity index (χ0) is 25.3. The molecular weight excluding hydrogens is 540 g/mol. The average molecular weight is 570 g/mol. The molecule has 0 aromatic heterocycles. The van der Waals surface area contributed by atoms with Crippen molar-refractivity contribution in [1.82, 2.24) is 0 Å². The highest BCUT2D eigenvalue weighted by molar-refractivity contribution is 9.10. The molecule has 0 unspecified atom stereocenters. The molecule has 1 aliphatic carbocycles. The third kappa shape index (κ3) is 4.84. The molecular formula is C28H29BrN2O4S. The van der Waals surface area contributed by atoms with Gasteiger partial charge in [0.2, 0.25) is 0 Å². The SMILES string of the molecule is CCOc1ccc([C@H]2Nc3ccc(S(=O)(=O)Nc4cccc(Br)c4)cc3[C@H]3C=CC[C@H]32)cc1OCC. The summed E-state index contributed by atoms with van der Waals surface area (Å²) in [6.45, 7) is 5.06. The monoisotopic (exact) mass is 568 g/mol. The molecule has 0 saturated heterocycles. The summed E-state index contributed by atoms with van der Waals surface area (Å²) in [4.78, 5) is 0.250. The van der Waals surface area contributed by atoms with Crippen LogP contribution in [0.1, 0.15) is 43.4 Å². The summed E-state index contributed by atoms with van der Waals surface area (Å²) >= 11 is 3.39. The smallest absolute Gasteiger partial charge is 0.261 e. The molecule has 0 fully saturated rings. The van der Waals surface area contributed by atoms with Crippen LogP contribution in [0.2, 0.25) is 0 Å². The minimum Gasteiger partial charge on any atom is -0.490 e. The van der Waals surface area contributed by atoms with Crippen LogP contribution in [-0.4, -0.2) is 21.6 Å². The highest BCUT2D eigenvalue weighted by atomic mass is 79.9. The van der Waals surface area contributed by atoms with Gasteiger partial charge in [0, 0.05) is 21.8 Å². The van der Waals surface area contributed by atoms with Crippen molar-refractivity contribution < 1.29 is 17.9 Å². The van der Waals surface area contributed by atoms with Gasteiger partial charge in [-0.05, 0) is 85.8 Å². The Morgan fingerprint density at radius 1 is 1.00 bits per heavy atom. The summed E-state index contributed by atoms with van der Waals surface area (Å²) in [6.07, 6.45) is 5.30. The van der Waals surface area contributed by atoms with Crippen LogP contribution in [0.25, 0.3) is 0 Å². The first kappa shape index (κ1) is 24.7. The number of fused-ring (bicyclic) bond motifs is 3. The van der Waals surface area contributed by atoms with Gasteiger partial charge in [-0.25, -0.2) is 8.42 Å². The predicted octanol–water partition coefficient (Wildman–Crippen LogP) is 6.87. The van der Waals surface area contributed by atoms with Crippen LogP contribution in [0, 0.1) is 5.92 Å². The first-order valence-corrected chi connectivity index (χ1v) is 14.4. The maximum Gasteiger partial charge on any atom is 0.261 e. The fraction of sp³-hybridized carbons (Fsp3) is 0.286. The van der Waals surface area contributed by atoms with E-state index < -0.39 is 10.0 Å². The average Bonchev–Trinajstić information content (AvgIpc) is 3.35. The molecule has 0 saturated carbocycles. The van der Waals surface area contributed by atoms with Crippen LogP contribution in [0.15, 0.2) is 82.2 Å². The molecule has 3 aromatic carbocycles. The summed E-state index contributed by atoms with van der Waals surface area (Å²) in [7, 11) is -3.73. The minimum absolute atomic E-state index is 0.0645. The van der Waals surface area contributed by atoms with E-state index in [1.807, 2.05) is 32.0 Å². The summed E-state index contributed by atoms with van der Waals surface area (Å²) in [5.74, 6) is 1.87. The number of allylic oxidation sites excluding steroid dienone is 2. The predicted molar refractivity (Wildman–Crippen MR) is 147 cm³/mol. The number of rotatable bonds is 8. The number of nitrogens with one attached hydrogen (secondary N) is 2. The topological polar surface area (TPSA) is 76.7 Å². The molecule has 3 aromatic rings. The number of anilines is 2. The number of hydrogen-bond donors (Lipinski definition) is 2. The molecule has 1 aliphatic heterocycles. The maximum absolute atomic E-state index is 13.2. The van der Waals surface area contributed by atoms with Crippen molar-refractivity contribution in [3.8, 4) is 11.5 Å². The van der Waals surface area contributed by atoms with Crippen molar-refractivity contribution in [2.45, 2.75) is 37.1 Å². The molecule has 5 rings (SSSR count). The van der Waals surface area contributed by atoms with E-state index in [1.54, 1.807) is 30.3 Å². The fourth-order valence-electron chi connectivity index (χ4n) is 5.10. The molecule has 0 radical (unpaired) electrons. The molecule has 2 aliphatic rings. The molecule has 3 atom stereocenters. The zero-order valence-electron chi connectivity index (χ0n) is 20.2. The number of benzene rings is 3. The number of halogens is 1. The van der Waals surface area contributed by atoms with Crippen molar-refractivity contribution in [2.75, 3.05) is 23.3 Å². The molecule has 2 N–H and O–H groups in total. The quantitative estimate of drug-likeness (QED) is 0.290. The lowest BCUT2D eigenvalue weighted by atomic mass is 9.77. The second-order valence-corrected chi connectivity index (χ2v) is 11.5. The van der Waals surface area contributed by atoms with Crippen molar-refractivity contribution >= 4 is 37.3 Å². The van der Waals surface area contributed by atoms with Gasteiger partial charge in [0.15, 0.2) is 11.5 Å². The Morgan fingerprint density at radius 3 is 2.58 bits per heavy atom. The zero-order valence-corrected chi connectivity index (χ0v) is 22.6. The lowest BCUT2D eigenvalue weighted by Gasteiger charge is -2.38. The van der Waals surface area contributed by atoms with Crippen LogP contribution in [-0.2, 0) is 10.0 Å². The minimum atomic E-state index is -3.73. The Kier molecular flexibility index (Phi) is 6.99. The Morgan fingerprint density at radius 2 is 1.81 bits per heavy atom. The highest BCUT2D eigenvalue weighted by Crippen LogP contribution is 2.51. The van der Waals surface area contributed by atoms with Gasteiger partial charge in [-0.15, -0.1) is 0 Å². The van der Waals surface area contributed by atoms with E-state index in [0.29, 0.717) is 18.9 Å². The van der Waals surface area contributed by atoms with Gasteiger partial charge < -0.3 is 14.8 Å². The Hall–Kier alpha value is -2.97. The van der Waals surface area contributed by atoms with Crippen LogP contribution in [0.5, 0.6) is 11.5 Å². The Labute approximate surface area is 220 Å². The summed E-state index contributed by atoms with van der Waals surface area (Å²) in [6, 6.07) is 18.6. The largest absolute Gasteiger partial charge is 0.490 e. The summed E-state index contributed by atoms with van der Waals surface area (Å²) in [5.41, 5.74) is 3.58. The molecule has 36 heavy (non-hydrogen) atoms. The van der Waals surface area contributed by atoms with Gasteiger partial charge in [0.05, 0.1) is 24.2 Å². The molecule has 0 bridgehead atoms. The van der Waals surface area contributed by atoms with Crippen LogP contribution in [0.4, 0.5) is 11.4 Å². The normalized spacial score (nSPS) is 20.2. The van der Waals surface area contributed by atoms with Crippen molar-refractivity contribution in [2.24, 2.45) is 5.92 Å². The maximum atomic E-state index is 13.2. The van der Waals surface area contributed by atoms with Crippen molar-refractivity contribution in [3.05, 3.63) is 88.4 Å². The fourth-order valence-corrected chi connectivity index (χ4v) is 6.58. The third-order valence-electron chi connectivity index (χ3n) is 6.65. The number of ether oxygens (including phenoxy) is 2. The van der Waals surface area contributed by atoms with E-state index in [0.717, 1.165) is 39.2 Å². The lowest BCUT2D eigenvalue weighted by Crippen LogP contribution is -2.29. The van der Waals surface area contributed by atoms with Gasteiger partial charge >= 0.3 is 0 Å². The first-order chi connectivity index (χ1) is 17.4. The van der Waals surface area contributed by atoms with E-state index >= 15 is 0 Å². The Bertz CT molecular complexity index is 1410. The molecule has 188 valence electrons. The van der Waals surface area contributed by atoms with Gasteiger partial charge in [0.1, 0.15) is 0 Å². The van der Waals surface area contributed by atoms with E-state index in [-0.39, 0.29) is 22.8 Å². The van der Waals surface area contributed by atoms with Gasteiger partial charge in [-0.3, -0.25) is 4.72 Å². The van der Waals surface area contributed by atoms with Crippen LogP contribution >= 0.6 is 15.9 Å². The van der Waals surface area contributed by atoms with Crippen molar-refractivity contribution in [3.63, 3.8) is 0 Å². The van der Waals surface area contributed by atoms with Gasteiger partial charge in [-0.1, -0.05) is 40.2 Å². The van der Waals surface area contributed by atoms with Crippen molar-refractivity contribution in [1.29, 1.82) is 0 Å². The van der Waals surface area contributed by atoms with E-state index in [2.05, 4.69) is 50.3 Å². The summed E-state index contributed by atoms with van der Waals surface area (Å²) in [5, 5.41) is 3.68. The second kappa shape index (κ2) is 10.2. The van der Waals surface area contributed by atoms with E-state index in [9.17, 15) is 8.42 Å². The van der Waals surface area contributed by atoms with E-state index in [1.165, 1.54) is 0 Å². The van der Waals surface area contributed by atoms with Gasteiger partial charge in [0.25, 0.3) is 10.0 Å². The lowest BCUT2D eigenvalue weighted by molar-refractivity contribution is 0.287. The van der Waals surface area contributed by atoms with Crippen LogP contribution in [0.3, 0.4) is 0 Å². The molecule has 0 amide bonds. The molecule has 6 nitrogen and oxygen atoms in total. The molecule has 8 heteroatoms. The second-order valence-electron chi connectivity index (χ2n) is 8.91. The molecule has 1 heterocycles. The third-order valence-corrected chi connectivity index (χ3v) is 8.52. The van der Waals surface area contributed by atoms with Gasteiger partial charge in [-0.2, -0.15) is 0 Å². The number of hydrogen-bond acceptors (Lipinski definition) is 5. The summed E-state index contributed by atoms with van der Waals surface area (Å²) < 4.78 is 41.5.